The molecule has 0 fully saturated rings. The molecule has 3 aromatic rings. The summed E-state index contributed by atoms with van der Waals surface area (Å²) in [4.78, 5) is 12.4. The Balaban J connectivity index is 1.85. The first-order valence-corrected chi connectivity index (χ1v) is 7.21. The number of fused-ring (bicyclic) bond motifs is 1. The molecule has 0 saturated carbocycles. The van der Waals surface area contributed by atoms with Gasteiger partial charge in [-0.3, -0.25) is 4.79 Å². The number of benzene rings is 2. The molecule has 0 spiro atoms. The van der Waals surface area contributed by atoms with Gasteiger partial charge in [0.25, 0.3) is 5.91 Å². The van der Waals surface area contributed by atoms with Gasteiger partial charge in [0.2, 0.25) is 0 Å². The van der Waals surface area contributed by atoms with Crippen molar-refractivity contribution in [1.82, 2.24) is 5.32 Å². The highest BCUT2D eigenvalue weighted by Gasteiger charge is 2.20. The SMILES string of the molecule is Cc1c(C(=O)N[C@@H](C)c2ccc(F)c(F)c2)oc2ccccc12. The van der Waals surface area contributed by atoms with Crippen molar-refractivity contribution in [3.8, 4) is 0 Å². The molecule has 1 atom stereocenters. The second kappa shape index (κ2) is 5.83. The van der Waals surface area contributed by atoms with Crippen LogP contribution in [0.5, 0.6) is 0 Å². The number of furan rings is 1. The molecule has 0 aliphatic rings. The van der Waals surface area contributed by atoms with Crippen molar-refractivity contribution in [1.29, 1.82) is 0 Å². The predicted octanol–water partition coefficient (Wildman–Crippen LogP) is 4.51. The molecule has 3 rings (SSSR count). The summed E-state index contributed by atoms with van der Waals surface area (Å²) < 4.78 is 31.9. The van der Waals surface area contributed by atoms with Gasteiger partial charge in [-0.05, 0) is 37.6 Å². The molecule has 3 nitrogen and oxygen atoms in total. The Hall–Kier alpha value is -2.69. The average molecular weight is 315 g/mol. The lowest BCUT2D eigenvalue weighted by molar-refractivity contribution is 0.0913. The first-order chi connectivity index (χ1) is 11.0. The van der Waals surface area contributed by atoms with Gasteiger partial charge >= 0.3 is 0 Å². The van der Waals surface area contributed by atoms with Gasteiger partial charge in [-0.2, -0.15) is 0 Å². The van der Waals surface area contributed by atoms with Crippen molar-refractivity contribution >= 4 is 16.9 Å². The molecule has 0 bridgehead atoms. The molecule has 1 aromatic heterocycles. The maximum absolute atomic E-state index is 13.3. The summed E-state index contributed by atoms with van der Waals surface area (Å²) in [5, 5.41) is 3.61. The Kier molecular flexibility index (Phi) is 3.86. The Morgan fingerprint density at radius 2 is 1.87 bits per heavy atom. The smallest absolute Gasteiger partial charge is 0.287 e. The Morgan fingerprint density at radius 3 is 2.57 bits per heavy atom. The van der Waals surface area contributed by atoms with Gasteiger partial charge in [-0.25, -0.2) is 8.78 Å². The quantitative estimate of drug-likeness (QED) is 0.772. The van der Waals surface area contributed by atoms with Crippen LogP contribution in [0, 0.1) is 18.6 Å². The predicted molar refractivity (Wildman–Crippen MR) is 83.2 cm³/mol. The highest BCUT2D eigenvalue weighted by atomic mass is 19.2. The van der Waals surface area contributed by atoms with Crippen LogP contribution in [0.1, 0.15) is 34.6 Å². The van der Waals surface area contributed by atoms with Crippen molar-refractivity contribution in [3.63, 3.8) is 0 Å². The van der Waals surface area contributed by atoms with E-state index in [4.69, 9.17) is 4.42 Å². The summed E-state index contributed by atoms with van der Waals surface area (Å²) in [7, 11) is 0. The average Bonchev–Trinajstić information content (AvgIpc) is 2.87. The summed E-state index contributed by atoms with van der Waals surface area (Å²) in [6.45, 7) is 3.51. The van der Waals surface area contributed by atoms with Gasteiger partial charge in [-0.1, -0.05) is 24.3 Å². The lowest BCUT2D eigenvalue weighted by Gasteiger charge is -2.14. The second-order valence-corrected chi connectivity index (χ2v) is 5.42. The molecule has 1 amide bonds. The number of aryl methyl sites for hydroxylation is 1. The minimum atomic E-state index is -0.941. The van der Waals surface area contributed by atoms with Crippen molar-refractivity contribution in [2.75, 3.05) is 0 Å². The molecule has 0 saturated heterocycles. The lowest BCUT2D eigenvalue weighted by Crippen LogP contribution is -2.26. The minimum Gasteiger partial charge on any atom is -0.451 e. The van der Waals surface area contributed by atoms with Gasteiger partial charge in [0.15, 0.2) is 17.4 Å². The van der Waals surface area contributed by atoms with E-state index in [-0.39, 0.29) is 5.76 Å². The summed E-state index contributed by atoms with van der Waals surface area (Å²) in [5.74, 6) is -2.03. The standard InChI is InChI=1S/C18H15F2NO2/c1-10-13-5-3-4-6-16(13)23-17(10)18(22)21-11(2)12-7-8-14(19)15(20)9-12/h3-9,11H,1-2H3,(H,21,22)/t11-/m0/s1. The topological polar surface area (TPSA) is 42.2 Å². The fourth-order valence-electron chi connectivity index (χ4n) is 2.52. The van der Waals surface area contributed by atoms with E-state index in [1.165, 1.54) is 6.07 Å². The third-order valence-corrected chi connectivity index (χ3v) is 3.84. The monoisotopic (exact) mass is 315 g/mol. The van der Waals surface area contributed by atoms with Crippen LogP contribution in [0.25, 0.3) is 11.0 Å². The minimum absolute atomic E-state index is 0.223. The number of hydrogen-bond acceptors (Lipinski definition) is 2. The zero-order valence-electron chi connectivity index (χ0n) is 12.7. The molecule has 0 unspecified atom stereocenters. The fourth-order valence-corrected chi connectivity index (χ4v) is 2.52. The number of nitrogens with one attached hydrogen (secondary N) is 1. The highest BCUT2D eigenvalue weighted by Crippen LogP contribution is 2.25. The zero-order chi connectivity index (χ0) is 16.6. The molecule has 0 aliphatic heterocycles. The molecule has 23 heavy (non-hydrogen) atoms. The molecule has 118 valence electrons. The molecule has 2 aromatic carbocycles. The van der Waals surface area contributed by atoms with E-state index >= 15 is 0 Å². The van der Waals surface area contributed by atoms with Gasteiger partial charge in [0, 0.05) is 10.9 Å². The number of hydrogen-bond donors (Lipinski definition) is 1. The van der Waals surface area contributed by atoms with Gasteiger partial charge < -0.3 is 9.73 Å². The van der Waals surface area contributed by atoms with E-state index in [0.29, 0.717) is 11.1 Å². The normalized spacial score (nSPS) is 12.3. The van der Waals surface area contributed by atoms with Crippen molar-refractivity contribution < 1.29 is 18.0 Å². The van der Waals surface area contributed by atoms with Crippen LogP contribution in [0.15, 0.2) is 46.9 Å². The van der Waals surface area contributed by atoms with Crippen LogP contribution in [0.2, 0.25) is 0 Å². The number of para-hydroxylation sites is 1. The number of rotatable bonds is 3. The molecule has 0 aliphatic carbocycles. The summed E-state index contributed by atoms with van der Waals surface area (Å²) in [6.07, 6.45) is 0. The third kappa shape index (κ3) is 2.82. The van der Waals surface area contributed by atoms with Crippen LogP contribution in [0.3, 0.4) is 0 Å². The van der Waals surface area contributed by atoms with E-state index in [2.05, 4.69) is 5.32 Å². The van der Waals surface area contributed by atoms with Crippen LogP contribution in [0.4, 0.5) is 8.78 Å². The molecular weight excluding hydrogens is 300 g/mol. The van der Waals surface area contributed by atoms with Crippen molar-refractivity contribution in [3.05, 3.63) is 71.0 Å². The maximum Gasteiger partial charge on any atom is 0.287 e. The van der Waals surface area contributed by atoms with Gasteiger partial charge in [0.05, 0.1) is 6.04 Å². The Labute approximate surface area is 131 Å². The molecular formula is C18H15F2NO2. The maximum atomic E-state index is 13.3. The summed E-state index contributed by atoms with van der Waals surface area (Å²) >= 11 is 0. The zero-order valence-corrected chi connectivity index (χ0v) is 12.7. The van der Waals surface area contributed by atoms with Crippen LogP contribution in [-0.2, 0) is 0 Å². The van der Waals surface area contributed by atoms with E-state index < -0.39 is 23.6 Å². The first kappa shape index (κ1) is 15.2. The van der Waals surface area contributed by atoms with E-state index in [1.54, 1.807) is 13.0 Å². The third-order valence-electron chi connectivity index (χ3n) is 3.84. The molecule has 0 radical (unpaired) electrons. The van der Waals surface area contributed by atoms with Gasteiger partial charge in [0.1, 0.15) is 5.58 Å². The fraction of sp³-hybridized carbons (Fsp3) is 0.167. The summed E-state index contributed by atoms with van der Waals surface area (Å²) in [6, 6.07) is 10.4. The van der Waals surface area contributed by atoms with Crippen LogP contribution in [-0.4, -0.2) is 5.91 Å². The highest BCUT2D eigenvalue weighted by molar-refractivity contribution is 5.99. The lowest BCUT2D eigenvalue weighted by atomic mass is 10.1. The number of carbonyl (C=O) groups excluding carboxylic acids is 1. The largest absolute Gasteiger partial charge is 0.451 e. The summed E-state index contributed by atoms with van der Waals surface area (Å²) in [5.41, 5.74) is 1.86. The Morgan fingerprint density at radius 1 is 1.13 bits per heavy atom. The van der Waals surface area contributed by atoms with Crippen LogP contribution < -0.4 is 5.32 Å². The van der Waals surface area contributed by atoms with Gasteiger partial charge in [-0.15, -0.1) is 0 Å². The molecule has 1 N–H and O–H groups in total. The second-order valence-electron chi connectivity index (χ2n) is 5.42. The molecule has 1 heterocycles. The van der Waals surface area contributed by atoms with Crippen molar-refractivity contribution in [2.24, 2.45) is 0 Å². The van der Waals surface area contributed by atoms with E-state index in [0.717, 1.165) is 23.1 Å². The van der Waals surface area contributed by atoms with E-state index in [1.807, 2.05) is 25.1 Å². The molecule has 5 heteroatoms. The van der Waals surface area contributed by atoms with Crippen LogP contribution >= 0.6 is 0 Å². The number of carbonyl (C=O) groups is 1. The number of amides is 1. The first-order valence-electron chi connectivity index (χ1n) is 7.21. The number of halogens is 2. The Bertz CT molecular complexity index is 886. The van der Waals surface area contributed by atoms with E-state index in [9.17, 15) is 13.6 Å². The van der Waals surface area contributed by atoms with Crippen molar-refractivity contribution in [2.45, 2.75) is 19.9 Å².